The van der Waals surface area contributed by atoms with Crippen LogP contribution in [0.3, 0.4) is 0 Å². The van der Waals surface area contributed by atoms with Gasteiger partial charge in [-0.25, -0.2) is 9.97 Å². The SMILES string of the molecule is COCCOc1cc2ncnc(Nc3ccc(Oc4ccc(Oc5ccccc5)cc4)cc3C3=CC(=O)C=CC3=O)c2cc1OC. The molecule has 10 nitrogen and oxygen atoms in total. The molecule has 0 amide bonds. The summed E-state index contributed by atoms with van der Waals surface area (Å²) >= 11 is 0. The van der Waals surface area contributed by atoms with Gasteiger partial charge in [0.1, 0.15) is 41.8 Å². The summed E-state index contributed by atoms with van der Waals surface area (Å²) in [5.41, 5.74) is 1.82. The number of hydrogen-bond donors (Lipinski definition) is 1. The summed E-state index contributed by atoms with van der Waals surface area (Å²) in [6, 6.07) is 25.4. The number of carbonyl (C=O) groups is 2. The molecule has 0 unspecified atom stereocenters. The smallest absolute Gasteiger partial charge is 0.186 e. The van der Waals surface area contributed by atoms with Gasteiger partial charge in [-0.3, -0.25) is 9.59 Å². The van der Waals surface area contributed by atoms with Crippen molar-refractivity contribution in [2.75, 3.05) is 32.8 Å². The Morgan fingerprint density at radius 2 is 1.43 bits per heavy atom. The summed E-state index contributed by atoms with van der Waals surface area (Å²) in [7, 11) is 3.15. The van der Waals surface area contributed by atoms with E-state index >= 15 is 0 Å². The predicted molar refractivity (Wildman–Crippen MR) is 173 cm³/mol. The lowest BCUT2D eigenvalue weighted by molar-refractivity contribution is -0.113. The molecule has 0 saturated heterocycles. The Balaban J connectivity index is 1.31. The number of carbonyl (C=O) groups excluding carboxylic acids is 2. The molecule has 46 heavy (non-hydrogen) atoms. The lowest BCUT2D eigenvalue weighted by Crippen LogP contribution is -2.09. The minimum absolute atomic E-state index is 0.219. The van der Waals surface area contributed by atoms with Gasteiger partial charge in [-0.2, -0.15) is 0 Å². The van der Waals surface area contributed by atoms with Crippen molar-refractivity contribution in [1.82, 2.24) is 9.97 Å². The molecule has 0 saturated carbocycles. The minimum atomic E-state index is -0.311. The molecule has 1 aliphatic carbocycles. The lowest BCUT2D eigenvalue weighted by atomic mass is 9.94. The fraction of sp³-hybridized carbons (Fsp3) is 0.111. The normalized spacial score (nSPS) is 12.5. The van der Waals surface area contributed by atoms with Crippen molar-refractivity contribution in [3.05, 3.63) is 115 Å². The van der Waals surface area contributed by atoms with Crippen molar-refractivity contribution >= 4 is 39.5 Å². The van der Waals surface area contributed by atoms with Crippen LogP contribution in [0.15, 0.2) is 109 Å². The standard InChI is InChI=1S/C36H29N3O7/c1-42-16-17-44-35-21-32-30(20-34(35)43-2)36(38-22-37-32)39-31-14-13-27(19-28(31)29-18-23(40)8-15-33(29)41)46-26-11-9-25(10-12-26)45-24-6-4-3-5-7-24/h3-15,18-22H,16-17H2,1-2H3,(H,37,38,39). The van der Waals surface area contributed by atoms with Crippen LogP contribution in [0.5, 0.6) is 34.5 Å². The van der Waals surface area contributed by atoms with Gasteiger partial charge < -0.3 is 29.0 Å². The molecule has 0 fully saturated rings. The molecular formula is C36H29N3O7. The maximum absolute atomic E-state index is 13.0. The Morgan fingerprint density at radius 3 is 2.17 bits per heavy atom. The number of anilines is 2. The van der Waals surface area contributed by atoms with Crippen LogP contribution in [-0.2, 0) is 14.3 Å². The number of nitrogens with zero attached hydrogens (tertiary/aromatic N) is 2. The van der Waals surface area contributed by atoms with E-state index in [-0.39, 0.29) is 17.1 Å². The highest BCUT2D eigenvalue weighted by atomic mass is 16.5. The number of ketones is 2. The van der Waals surface area contributed by atoms with E-state index in [1.807, 2.05) is 30.3 Å². The number of methoxy groups -OCH3 is 2. The van der Waals surface area contributed by atoms with E-state index in [1.165, 1.54) is 24.6 Å². The third-order valence-electron chi connectivity index (χ3n) is 6.99. The molecule has 6 rings (SSSR count). The van der Waals surface area contributed by atoms with Crippen LogP contribution >= 0.6 is 0 Å². The van der Waals surface area contributed by atoms with Gasteiger partial charge in [0.2, 0.25) is 0 Å². The molecule has 230 valence electrons. The highest BCUT2D eigenvalue weighted by molar-refractivity contribution is 6.34. The average molecular weight is 616 g/mol. The van der Waals surface area contributed by atoms with Crippen molar-refractivity contribution in [2.45, 2.75) is 0 Å². The quantitative estimate of drug-likeness (QED) is 0.115. The average Bonchev–Trinajstić information content (AvgIpc) is 3.08. The molecule has 1 aliphatic rings. The van der Waals surface area contributed by atoms with Gasteiger partial charge in [-0.1, -0.05) is 18.2 Å². The summed E-state index contributed by atoms with van der Waals surface area (Å²) in [6.07, 6.45) is 5.24. The van der Waals surface area contributed by atoms with Crippen molar-refractivity contribution in [3.63, 3.8) is 0 Å². The van der Waals surface area contributed by atoms with Crippen LogP contribution in [0.25, 0.3) is 16.5 Å². The van der Waals surface area contributed by atoms with Gasteiger partial charge in [-0.05, 0) is 78.9 Å². The zero-order valence-electron chi connectivity index (χ0n) is 25.1. The van der Waals surface area contributed by atoms with Crippen molar-refractivity contribution in [3.8, 4) is 34.5 Å². The number of hydrogen-bond acceptors (Lipinski definition) is 10. The summed E-state index contributed by atoms with van der Waals surface area (Å²) in [4.78, 5) is 34.2. The Hall–Kier alpha value is -6.00. The van der Waals surface area contributed by atoms with Gasteiger partial charge >= 0.3 is 0 Å². The van der Waals surface area contributed by atoms with Gasteiger partial charge in [0.15, 0.2) is 23.1 Å². The predicted octanol–water partition coefficient (Wildman–Crippen LogP) is 7.08. The summed E-state index contributed by atoms with van der Waals surface area (Å²) in [5, 5.41) is 3.98. The maximum atomic E-state index is 13.0. The largest absolute Gasteiger partial charge is 0.493 e. The second kappa shape index (κ2) is 13.7. The molecule has 0 bridgehead atoms. The Kier molecular flexibility index (Phi) is 8.98. The maximum Gasteiger partial charge on any atom is 0.186 e. The molecule has 4 aromatic carbocycles. The van der Waals surface area contributed by atoms with E-state index in [9.17, 15) is 9.59 Å². The van der Waals surface area contributed by atoms with E-state index in [0.717, 1.165) is 5.75 Å². The van der Waals surface area contributed by atoms with E-state index < -0.39 is 0 Å². The fourth-order valence-electron chi connectivity index (χ4n) is 4.77. The summed E-state index contributed by atoms with van der Waals surface area (Å²) in [5.74, 6) is 3.26. The second-order valence-corrected chi connectivity index (χ2v) is 10.1. The van der Waals surface area contributed by atoms with Gasteiger partial charge in [0.25, 0.3) is 0 Å². The highest BCUT2D eigenvalue weighted by Gasteiger charge is 2.21. The molecule has 10 heteroatoms. The number of fused-ring (bicyclic) bond motifs is 1. The first-order valence-electron chi connectivity index (χ1n) is 14.4. The molecule has 0 atom stereocenters. The molecule has 1 N–H and O–H groups in total. The minimum Gasteiger partial charge on any atom is -0.493 e. The summed E-state index contributed by atoms with van der Waals surface area (Å²) < 4.78 is 28.5. The van der Waals surface area contributed by atoms with E-state index in [2.05, 4.69) is 15.3 Å². The van der Waals surface area contributed by atoms with Gasteiger partial charge in [-0.15, -0.1) is 0 Å². The Bertz CT molecular complexity index is 1950. The molecular weight excluding hydrogens is 586 g/mol. The molecule has 1 heterocycles. The fourth-order valence-corrected chi connectivity index (χ4v) is 4.77. The summed E-state index contributed by atoms with van der Waals surface area (Å²) in [6.45, 7) is 0.759. The Labute approximate surface area is 264 Å². The zero-order chi connectivity index (χ0) is 31.9. The van der Waals surface area contributed by atoms with E-state index in [0.29, 0.717) is 69.9 Å². The van der Waals surface area contributed by atoms with Crippen molar-refractivity contribution < 1.29 is 33.3 Å². The van der Waals surface area contributed by atoms with Crippen LogP contribution in [0, 0.1) is 0 Å². The third-order valence-corrected chi connectivity index (χ3v) is 6.99. The first-order valence-corrected chi connectivity index (χ1v) is 14.4. The number of rotatable bonds is 12. The van der Waals surface area contributed by atoms with Crippen molar-refractivity contribution in [1.29, 1.82) is 0 Å². The molecule has 5 aromatic rings. The van der Waals surface area contributed by atoms with Crippen LogP contribution in [-0.4, -0.2) is 49.0 Å². The number of aromatic nitrogens is 2. The number of benzene rings is 4. The van der Waals surface area contributed by atoms with Crippen LogP contribution < -0.4 is 24.3 Å². The van der Waals surface area contributed by atoms with Gasteiger partial charge in [0, 0.05) is 35.4 Å². The second-order valence-electron chi connectivity index (χ2n) is 10.1. The van der Waals surface area contributed by atoms with Gasteiger partial charge in [0.05, 0.1) is 19.2 Å². The zero-order valence-corrected chi connectivity index (χ0v) is 25.1. The van der Waals surface area contributed by atoms with E-state index in [1.54, 1.807) is 68.8 Å². The number of nitrogens with one attached hydrogen (secondary N) is 1. The first kappa shape index (κ1) is 30.0. The monoisotopic (exact) mass is 615 g/mol. The van der Waals surface area contributed by atoms with E-state index in [4.69, 9.17) is 23.7 Å². The molecule has 1 aromatic heterocycles. The van der Waals surface area contributed by atoms with Crippen LogP contribution in [0.1, 0.15) is 5.56 Å². The Morgan fingerprint density at radius 1 is 0.717 bits per heavy atom. The lowest BCUT2D eigenvalue weighted by Gasteiger charge is -2.18. The molecule has 0 aliphatic heterocycles. The highest BCUT2D eigenvalue weighted by Crippen LogP contribution is 2.38. The van der Waals surface area contributed by atoms with Crippen molar-refractivity contribution in [2.24, 2.45) is 0 Å². The molecule has 0 spiro atoms. The van der Waals surface area contributed by atoms with Crippen LogP contribution in [0.4, 0.5) is 11.5 Å². The topological polar surface area (TPSA) is 118 Å². The molecule has 0 radical (unpaired) electrons. The number of para-hydroxylation sites is 1. The first-order chi connectivity index (χ1) is 22.5. The number of ether oxygens (including phenoxy) is 5. The number of allylic oxidation sites excluding steroid dienone is 4. The third kappa shape index (κ3) is 6.87. The van der Waals surface area contributed by atoms with Crippen LogP contribution in [0.2, 0.25) is 0 Å².